The molecule has 4 fully saturated rings. The molecule has 4 saturated carbocycles. The van der Waals surface area contributed by atoms with E-state index in [-0.39, 0.29) is 0 Å². The van der Waals surface area contributed by atoms with Gasteiger partial charge in [0, 0.05) is 18.9 Å². The predicted octanol–water partition coefficient (Wildman–Crippen LogP) is 3.63. The number of nitrogens with zero attached hydrogens (tertiary/aromatic N) is 2. The van der Waals surface area contributed by atoms with E-state index in [9.17, 15) is 0 Å². The lowest BCUT2D eigenvalue weighted by molar-refractivity contribution is -0.0531. The predicted molar refractivity (Wildman–Crippen MR) is 84.9 cm³/mol. The largest absolute Gasteiger partial charge is 0.334 e. The highest BCUT2D eigenvalue weighted by Gasteiger charge is 2.51. The lowest BCUT2D eigenvalue weighted by atomic mass is 9.50. The van der Waals surface area contributed by atoms with E-state index in [4.69, 9.17) is 4.98 Å². The summed E-state index contributed by atoms with van der Waals surface area (Å²) in [7, 11) is 2.14. The minimum atomic E-state index is 0.460. The molecule has 4 bridgehead atoms. The Morgan fingerprint density at radius 2 is 1.86 bits per heavy atom. The van der Waals surface area contributed by atoms with E-state index in [0.717, 1.165) is 36.1 Å². The van der Waals surface area contributed by atoms with Gasteiger partial charge >= 0.3 is 0 Å². The minimum Gasteiger partial charge on any atom is -0.334 e. The molecule has 1 atom stereocenters. The summed E-state index contributed by atoms with van der Waals surface area (Å²) in [4.78, 5) is 4.74. The molecule has 21 heavy (non-hydrogen) atoms. The van der Waals surface area contributed by atoms with Crippen molar-refractivity contribution < 1.29 is 0 Å². The fourth-order valence-electron chi connectivity index (χ4n) is 6.03. The number of aromatic nitrogens is 2. The molecule has 1 aromatic rings. The van der Waals surface area contributed by atoms with Crippen LogP contribution >= 0.6 is 0 Å². The second-order valence-corrected chi connectivity index (χ2v) is 7.75. The molecule has 0 amide bonds. The maximum absolute atomic E-state index is 4.74. The Morgan fingerprint density at radius 1 is 1.19 bits per heavy atom. The van der Waals surface area contributed by atoms with Gasteiger partial charge < -0.3 is 9.88 Å². The van der Waals surface area contributed by atoms with Crippen molar-refractivity contribution in [3.05, 3.63) is 18.2 Å². The molecule has 0 radical (unpaired) electrons. The third-order valence-corrected chi connectivity index (χ3v) is 6.49. The van der Waals surface area contributed by atoms with Crippen LogP contribution in [0.2, 0.25) is 0 Å². The van der Waals surface area contributed by atoms with Gasteiger partial charge in [0.05, 0.1) is 6.04 Å². The van der Waals surface area contributed by atoms with Crippen LogP contribution < -0.4 is 5.32 Å². The van der Waals surface area contributed by atoms with Gasteiger partial charge in [0.25, 0.3) is 0 Å². The molecule has 4 aliphatic rings. The van der Waals surface area contributed by atoms with Crippen LogP contribution in [0.1, 0.15) is 57.3 Å². The molecular weight excluding hydrogens is 258 g/mol. The number of rotatable bonds is 5. The summed E-state index contributed by atoms with van der Waals surface area (Å²) in [6, 6.07) is 0.460. The average Bonchev–Trinajstić information content (AvgIpc) is 2.90. The van der Waals surface area contributed by atoms with Crippen LogP contribution in [0.15, 0.2) is 12.4 Å². The highest BCUT2D eigenvalue weighted by molar-refractivity contribution is 5.08. The molecular formula is C18H29N3. The van der Waals surface area contributed by atoms with E-state index >= 15 is 0 Å². The first-order chi connectivity index (χ1) is 10.3. The monoisotopic (exact) mass is 287 g/mol. The van der Waals surface area contributed by atoms with Gasteiger partial charge in [0.2, 0.25) is 0 Å². The van der Waals surface area contributed by atoms with Crippen LogP contribution in [0.3, 0.4) is 0 Å². The molecule has 3 heteroatoms. The van der Waals surface area contributed by atoms with Crippen molar-refractivity contribution >= 4 is 0 Å². The number of aryl methyl sites for hydroxylation is 1. The zero-order valence-electron chi connectivity index (χ0n) is 13.5. The highest BCUT2D eigenvalue weighted by Crippen LogP contribution is 2.59. The number of nitrogens with one attached hydrogen (secondary N) is 1. The van der Waals surface area contributed by atoms with Gasteiger partial charge in [-0.2, -0.15) is 0 Å². The van der Waals surface area contributed by atoms with Crippen molar-refractivity contribution in [3.8, 4) is 0 Å². The molecule has 1 heterocycles. The van der Waals surface area contributed by atoms with E-state index < -0.39 is 0 Å². The summed E-state index contributed by atoms with van der Waals surface area (Å²) in [5, 5.41) is 3.65. The van der Waals surface area contributed by atoms with Gasteiger partial charge in [-0.15, -0.1) is 0 Å². The topological polar surface area (TPSA) is 29.9 Å². The SMILES string of the molecule is CCCn1ccnc1C(NC)C1C2CC3CC(C2)CC1C3. The summed E-state index contributed by atoms with van der Waals surface area (Å²) < 4.78 is 2.38. The van der Waals surface area contributed by atoms with Crippen LogP contribution in [-0.2, 0) is 6.54 Å². The van der Waals surface area contributed by atoms with Crippen LogP contribution in [0.4, 0.5) is 0 Å². The summed E-state index contributed by atoms with van der Waals surface area (Å²) in [6.07, 6.45) is 12.8. The molecule has 5 rings (SSSR count). The van der Waals surface area contributed by atoms with Crippen molar-refractivity contribution in [2.24, 2.45) is 29.6 Å². The Labute approximate surface area is 128 Å². The van der Waals surface area contributed by atoms with E-state index in [1.54, 1.807) is 0 Å². The van der Waals surface area contributed by atoms with Crippen molar-refractivity contribution in [3.63, 3.8) is 0 Å². The summed E-state index contributed by atoms with van der Waals surface area (Å²) in [5.41, 5.74) is 0. The normalized spacial score (nSPS) is 38.9. The first kappa shape index (κ1) is 13.8. The Balaban J connectivity index is 1.62. The van der Waals surface area contributed by atoms with Crippen LogP contribution in [0.25, 0.3) is 0 Å². The molecule has 1 aromatic heterocycles. The fourth-order valence-corrected chi connectivity index (χ4v) is 6.03. The van der Waals surface area contributed by atoms with Crippen molar-refractivity contribution in [2.45, 2.75) is 58.0 Å². The first-order valence-corrected chi connectivity index (χ1v) is 8.98. The van der Waals surface area contributed by atoms with Crippen LogP contribution in [-0.4, -0.2) is 16.6 Å². The number of imidazole rings is 1. The van der Waals surface area contributed by atoms with Crippen LogP contribution in [0, 0.1) is 29.6 Å². The number of hydrogen-bond acceptors (Lipinski definition) is 2. The molecule has 1 unspecified atom stereocenters. The minimum absolute atomic E-state index is 0.460. The van der Waals surface area contributed by atoms with E-state index in [1.807, 2.05) is 6.20 Å². The summed E-state index contributed by atoms with van der Waals surface area (Å²) in [6.45, 7) is 3.35. The van der Waals surface area contributed by atoms with E-state index in [1.165, 1.54) is 44.3 Å². The standard InChI is InChI=1S/C18H29N3/c1-3-5-21-6-4-20-18(21)17(19-2)16-14-8-12-7-13(10-14)11-15(16)9-12/h4,6,12-17,19H,3,5,7-11H2,1-2H3. The third-order valence-electron chi connectivity index (χ3n) is 6.49. The van der Waals surface area contributed by atoms with Crippen molar-refractivity contribution in [1.29, 1.82) is 0 Å². The summed E-state index contributed by atoms with van der Waals surface area (Å²) >= 11 is 0. The fraction of sp³-hybridized carbons (Fsp3) is 0.833. The third kappa shape index (κ3) is 2.25. The smallest absolute Gasteiger partial charge is 0.126 e. The van der Waals surface area contributed by atoms with Crippen molar-refractivity contribution in [1.82, 2.24) is 14.9 Å². The molecule has 0 spiro atoms. The molecule has 116 valence electrons. The van der Waals surface area contributed by atoms with E-state index in [0.29, 0.717) is 6.04 Å². The van der Waals surface area contributed by atoms with Gasteiger partial charge in [0.1, 0.15) is 5.82 Å². The Bertz CT molecular complexity index is 464. The molecule has 0 saturated heterocycles. The second-order valence-electron chi connectivity index (χ2n) is 7.75. The van der Waals surface area contributed by atoms with E-state index in [2.05, 4.69) is 30.1 Å². The highest BCUT2D eigenvalue weighted by atomic mass is 15.1. The lowest BCUT2D eigenvalue weighted by Crippen LogP contribution is -2.49. The maximum atomic E-state index is 4.74. The summed E-state index contributed by atoms with van der Waals surface area (Å²) in [5.74, 6) is 6.11. The molecule has 4 aliphatic carbocycles. The zero-order valence-corrected chi connectivity index (χ0v) is 13.5. The zero-order chi connectivity index (χ0) is 14.4. The van der Waals surface area contributed by atoms with Gasteiger partial charge in [-0.3, -0.25) is 0 Å². The average molecular weight is 287 g/mol. The molecule has 3 nitrogen and oxygen atoms in total. The molecule has 1 N–H and O–H groups in total. The van der Waals surface area contributed by atoms with Gasteiger partial charge in [-0.25, -0.2) is 4.98 Å². The second kappa shape index (κ2) is 5.42. The Kier molecular flexibility index (Phi) is 3.56. The van der Waals surface area contributed by atoms with Gasteiger partial charge in [0.15, 0.2) is 0 Å². The van der Waals surface area contributed by atoms with Crippen molar-refractivity contribution in [2.75, 3.05) is 7.05 Å². The number of hydrogen-bond donors (Lipinski definition) is 1. The quantitative estimate of drug-likeness (QED) is 0.896. The molecule has 0 aromatic carbocycles. The van der Waals surface area contributed by atoms with Gasteiger partial charge in [-0.05, 0) is 75.2 Å². The Hall–Kier alpha value is -0.830. The van der Waals surface area contributed by atoms with Crippen LogP contribution in [0.5, 0.6) is 0 Å². The van der Waals surface area contributed by atoms with Gasteiger partial charge in [-0.1, -0.05) is 6.92 Å². The maximum Gasteiger partial charge on any atom is 0.126 e. The first-order valence-electron chi connectivity index (χ1n) is 8.98. The lowest BCUT2D eigenvalue weighted by Gasteiger charge is -2.56. The Morgan fingerprint density at radius 3 is 2.43 bits per heavy atom. The molecule has 0 aliphatic heterocycles.